The Morgan fingerprint density at radius 1 is 0.929 bits per heavy atom. The van der Waals surface area contributed by atoms with Gasteiger partial charge in [0.25, 0.3) is 0 Å². The third-order valence-electron chi connectivity index (χ3n) is 4.75. The average molecular weight is 195 g/mol. The van der Waals surface area contributed by atoms with Crippen molar-refractivity contribution in [2.75, 3.05) is 26.3 Å². The van der Waals surface area contributed by atoms with Crippen LogP contribution in [-0.4, -0.2) is 26.3 Å². The van der Waals surface area contributed by atoms with Crippen LogP contribution in [0.5, 0.6) is 0 Å². The van der Waals surface area contributed by atoms with Gasteiger partial charge in [-0.25, -0.2) is 0 Å². The molecule has 0 aromatic heterocycles. The first-order valence-corrected chi connectivity index (χ1v) is 6.20. The Kier molecular flexibility index (Phi) is 2.29. The molecular weight excluding hydrogens is 174 g/mol. The Balaban J connectivity index is 1.71. The smallest absolute Gasteiger partial charge is 0.0551 e. The highest BCUT2D eigenvalue weighted by Crippen LogP contribution is 2.49. The summed E-state index contributed by atoms with van der Waals surface area (Å²) >= 11 is 0. The number of nitrogens with one attached hydrogen (secondary N) is 1. The summed E-state index contributed by atoms with van der Waals surface area (Å²) < 4.78 is 5.52. The second-order valence-corrected chi connectivity index (χ2v) is 5.42. The molecule has 3 rings (SSSR count). The van der Waals surface area contributed by atoms with E-state index in [1.165, 1.54) is 45.2 Å². The molecule has 0 aromatic rings. The molecule has 2 aliphatic heterocycles. The van der Waals surface area contributed by atoms with Crippen molar-refractivity contribution in [3.05, 3.63) is 0 Å². The molecule has 1 N–H and O–H groups in total. The number of rotatable bonds is 2. The molecule has 3 aliphatic rings. The van der Waals surface area contributed by atoms with E-state index in [0.717, 1.165) is 25.0 Å². The molecule has 1 saturated carbocycles. The summed E-state index contributed by atoms with van der Waals surface area (Å²) in [5, 5.41) is 3.42. The number of ether oxygens (including phenoxy) is 1. The summed E-state index contributed by atoms with van der Waals surface area (Å²) in [6.45, 7) is 4.62. The molecule has 0 spiro atoms. The quantitative estimate of drug-likeness (QED) is 0.725. The van der Waals surface area contributed by atoms with Crippen LogP contribution in [0.2, 0.25) is 0 Å². The molecule has 2 heteroatoms. The highest BCUT2D eigenvalue weighted by Gasteiger charge is 2.52. The summed E-state index contributed by atoms with van der Waals surface area (Å²) in [6.07, 6.45) is 7.34. The van der Waals surface area contributed by atoms with Crippen LogP contribution in [0.3, 0.4) is 0 Å². The molecule has 1 aliphatic carbocycles. The Labute approximate surface area is 86.4 Å². The summed E-state index contributed by atoms with van der Waals surface area (Å²) in [5.74, 6) is 1.91. The van der Waals surface area contributed by atoms with Crippen molar-refractivity contribution in [1.29, 1.82) is 0 Å². The minimum absolute atomic E-state index is 0.603. The minimum Gasteiger partial charge on any atom is -0.380 e. The average Bonchev–Trinajstić information content (AvgIpc) is 2.09. The van der Waals surface area contributed by atoms with Crippen LogP contribution >= 0.6 is 0 Å². The molecule has 0 aromatic carbocycles. The van der Waals surface area contributed by atoms with Crippen molar-refractivity contribution in [1.82, 2.24) is 5.32 Å². The first kappa shape index (κ1) is 9.17. The van der Waals surface area contributed by atoms with Gasteiger partial charge in [-0.3, -0.25) is 0 Å². The largest absolute Gasteiger partial charge is 0.380 e. The molecule has 80 valence electrons. The molecule has 2 saturated heterocycles. The van der Waals surface area contributed by atoms with E-state index in [1.54, 1.807) is 0 Å². The van der Waals surface area contributed by atoms with E-state index in [1.807, 2.05) is 0 Å². The zero-order valence-electron chi connectivity index (χ0n) is 8.93. The van der Waals surface area contributed by atoms with Crippen LogP contribution in [0, 0.1) is 17.3 Å². The molecular formula is C12H21NO. The Hall–Kier alpha value is -0.0800. The lowest BCUT2D eigenvalue weighted by Gasteiger charge is -2.56. The van der Waals surface area contributed by atoms with Gasteiger partial charge in [0.1, 0.15) is 0 Å². The number of hydrogen-bond acceptors (Lipinski definition) is 2. The maximum Gasteiger partial charge on any atom is 0.0551 e. The van der Waals surface area contributed by atoms with Crippen molar-refractivity contribution in [3.63, 3.8) is 0 Å². The third kappa shape index (κ3) is 1.24. The predicted octanol–water partition coefficient (Wildman–Crippen LogP) is 1.80. The maximum atomic E-state index is 5.52. The Morgan fingerprint density at radius 2 is 1.64 bits per heavy atom. The lowest BCUT2D eigenvalue weighted by Crippen LogP contribution is -2.63. The topological polar surface area (TPSA) is 21.3 Å². The maximum absolute atomic E-state index is 5.52. The summed E-state index contributed by atoms with van der Waals surface area (Å²) in [7, 11) is 0. The van der Waals surface area contributed by atoms with Crippen molar-refractivity contribution in [2.24, 2.45) is 17.3 Å². The standard InChI is InChI=1S/C12H21NO/c1-2-4-10(5-3-1)12(8-14-9-12)11-6-13-7-11/h10-11,13H,1-9H2. The molecule has 3 fully saturated rings. The third-order valence-corrected chi connectivity index (χ3v) is 4.75. The molecule has 2 nitrogen and oxygen atoms in total. The second-order valence-electron chi connectivity index (χ2n) is 5.42. The highest BCUT2D eigenvalue weighted by molar-refractivity contribution is 5.02. The fourth-order valence-electron chi connectivity index (χ4n) is 3.52. The molecule has 0 unspecified atom stereocenters. The summed E-state index contributed by atoms with van der Waals surface area (Å²) in [5.41, 5.74) is 0.603. The van der Waals surface area contributed by atoms with Gasteiger partial charge >= 0.3 is 0 Å². The lowest BCUT2D eigenvalue weighted by atomic mass is 9.59. The van der Waals surface area contributed by atoms with Crippen LogP contribution in [0.1, 0.15) is 32.1 Å². The van der Waals surface area contributed by atoms with E-state index >= 15 is 0 Å². The zero-order chi connectivity index (χ0) is 9.43. The summed E-state index contributed by atoms with van der Waals surface area (Å²) in [4.78, 5) is 0. The van der Waals surface area contributed by atoms with E-state index in [0.29, 0.717) is 5.41 Å². The molecule has 0 atom stereocenters. The first-order chi connectivity index (χ1) is 6.92. The normalized spacial score (nSPS) is 33.4. The van der Waals surface area contributed by atoms with Gasteiger partial charge in [0.15, 0.2) is 0 Å². The van der Waals surface area contributed by atoms with E-state index < -0.39 is 0 Å². The molecule has 2 heterocycles. The van der Waals surface area contributed by atoms with Crippen molar-refractivity contribution in [3.8, 4) is 0 Å². The van der Waals surface area contributed by atoms with E-state index in [2.05, 4.69) is 5.32 Å². The first-order valence-electron chi connectivity index (χ1n) is 6.20. The fourth-order valence-corrected chi connectivity index (χ4v) is 3.52. The SMILES string of the molecule is C1CCC(C2(C3CNC3)COC2)CC1. The summed E-state index contributed by atoms with van der Waals surface area (Å²) in [6, 6.07) is 0. The Bertz CT molecular complexity index is 202. The second kappa shape index (κ2) is 3.49. The predicted molar refractivity (Wildman–Crippen MR) is 56.2 cm³/mol. The van der Waals surface area contributed by atoms with E-state index in [-0.39, 0.29) is 0 Å². The highest BCUT2D eigenvalue weighted by atomic mass is 16.5. The van der Waals surface area contributed by atoms with Gasteiger partial charge < -0.3 is 10.1 Å². The van der Waals surface area contributed by atoms with Crippen LogP contribution in [0.15, 0.2) is 0 Å². The Morgan fingerprint density at radius 3 is 2.07 bits per heavy atom. The molecule has 0 amide bonds. The van der Waals surface area contributed by atoms with Crippen molar-refractivity contribution in [2.45, 2.75) is 32.1 Å². The van der Waals surface area contributed by atoms with Gasteiger partial charge in [-0.1, -0.05) is 19.3 Å². The molecule has 0 bridgehead atoms. The van der Waals surface area contributed by atoms with Crippen LogP contribution < -0.4 is 5.32 Å². The van der Waals surface area contributed by atoms with Gasteiger partial charge in [0, 0.05) is 5.41 Å². The molecule has 0 radical (unpaired) electrons. The van der Waals surface area contributed by atoms with Crippen molar-refractivity contribution >= 4 is 0 Å². The minimum atomic E-state index is 0.603. The van der Waals surface area contributed by atoms with E-state index in [9.17, 15) is 0 Å². The lowest BCUT2D eigenvalue weighted by molar-refractivity contribution is -0.193. The van der Waals surface area contributed by atoms with Gasteiger partial charge in [-0.15, -0.1) is 0 Å². The van der Waals surface area contributed by atoms with Crippen LogP contribution in [0.4, 0.5) is 0 Å². The van der Waals surface area contributed by atoms with Gasteiger partial charge in [-0.2, -0.15) is 0 Å². The van der Waals surface area contributed by atoms with Crippen LogP contribution in [-0.2, 0) is 4.74 Å². The fraction of sp³-hybridized carbons (Fsp3) is 1.00. The van der Waals surface area contributed by atoms with E-state index in [4.69, 9.17) is 4.74 Å². The van der Waals surface area contributed by atoms with Crippen molar-refractivity contribution < 1.29 is 4.74 Å². The van der Waals surface area contributed by atoms with Gasteiger partial charge in [0.2, 0.25) is 0 Å². The zero-order valence-corrected chi connectivity index (χ0v) is 8.93. The van der Waals surface area contributed by atoms with Gasteiger partial charge in [0.05, 0.1) is 13.2 Å². The van der Waals surface area contributed by atoms with Gasteiger partial charge in [-0.05, 0) is 37.8 Å². The number of hydrogen-bond donors (Lipinski definition) is 1. The monoisotopic (exact) mass is 195 g/mol. The van der Waals surface area contributed by atoms with Crippen LogP contribution in [0.25, 0.3) is 0 Å². The molecule has 14 heavy (non-hydrogen) atoms.